The molecule has 0 spiro atoms. The van der Waals surface area contributed by atoms with Crippen LogP contribution in [0.4, 0.5) is 0 Å². The van der Waals surface area contributed by atoms with E-state index in [4.69, 9.17) is 0 Å². The van der Waals surface area contributed by atoms with Gasteiger partial charge in [-0.15, -0.1) is 0 Å². The summed E-state index contributed by atoms with van der Waals surface area (Å²) in [6.07, 6.45) is 2.94. The second-order valence-corrected chi connectivity index (χ2v) is 5.38. The number of rotatable bonds is 3. The van der Waals surface area contributed by atoms with Crippen molar-refractivity contribution in [2.24, 2.45) is 0 Å². The quantitative estimate of drug-likeness (QED) is 0.795. The lowest BCUT2D eigenvalue weighted by molar-refractivity contribution is 0.220. The molecule has 3 aromatic rings. The molecule has 0 radical (unpaired) electrons. The molecule has 0 fully saturated rings. The molecule has 3 rings (SSSR count). The second-order valence-electron chi connectivity index (χ2n) is 5.38. The monoisotopic (exact) mass is 278 g/mol. The molecule has 1 unspecified atom stereocenters. The molecular weight excluding hydrogens is 260 g/mol. The number of aliphatic hydroxyl groups is 1. The third-order valence-electron chi connectivity index (χ3n) is 3.50. The predicted octanol–water partition coefficient (Wildman–Crippen LogP) is 3.57. The molecule has 21 heavy (non-hydrogen) atoms. The molecule has 3 nitrogen and oxygen atoms in total. The fourth-order valence-corrected chi connectivity index (χ4v) is 2.56. The SMILES string of the molecule is Cc1cc(C)cc(C(O)c2cnn(-c3ccccc3)c2)c1. The van der Waals surface area contributed by atoms with Crippen LogP contribution in [0.3, 0.4) is 0 Å². The van der Waals surface area contributed by atoms with Gasteiger partial charge in [0.25, 0.3) is 0 Å². The van der Waals surface area contributed by atoms with Gasteiger partial charge in [-0.25, -0.2) is 4.68 Å². The van der Waals surface area contributed by atoms with Crippen molar-refractivity contribution in [2.75, 3.05) is 0 Å². The molecule has 0 saturated heterocycles. The number of nitrogens with zero attached hydrogens (tertiary/aromatic N) is 2. The first-order chi connectivity index (χ1) is 10.1. The number of benzene rings is 2. The van der Waals surface area contributed by atoms with Crippen LogP contribution in [0, 0.1) is 13.8 Å². The van der Waals surface area contributed by atoms with E-state index in [2.05, 4.69) is 11.2 Å². The number of hydrogen-bond acceptors (Lipinski definition) is 2. The number of aromatic nitrogens is 2. The van der Waals surface area contributed by atoms with E-state index in [0.29, 0.717) is 0 Å². The zero-order valence-electron chi connectivity index (χ0n) is 12.2. The summed E-state index contributed by atoms with van der Waals surface area (Å²) in [5, 5.41) is 14.9. The summed E-state index contributed by atoms with van der Waals surface area (Å²) in [7, 11) is 0. The van der Waals surface area contributed by atoms with Crippen molar-refractivity contribution in [2.45, 2.75) is 20.0 Å². The van der Waals surface area contributed by atoms with Crippen molar-refractivity contribution in [3.8, 4) is 5.69 Å². The van der Waals surface area contributed by atoms with Gasteiger partial charge in [-0.1, -0.05) is 47.5 Å². The van der Waals surface area contributed by atoms with Gasteiger partial charge < -0.3 is 5.11 Å². The van der Waals surface area contributed by atoms with Crippen molar-refractivity contribution in [1.29, 1.82) is 0 Å². The Morgan fingerprint density at radius 3 is 2.29 bits per heavy atom. The summed E-state index contributed by atoms with van der Waals surface area (Å²) in [5.41, 5.74) is 4.99. The van der Waals surface area contributed by atoms with Crippen LogP contribution < -0.4 is 0 Å². The molecule has 3 heteroatoms. The Hall–Kier alpha value is -2.39. The van der Waals surface area contributed by atoms with Crippen LogP contribution in [0.25, 0.3) is 5.69 Å². The Morgan fingerprint density at radius 1 is 0.952 bits per heavy atom. The molecule has 0 bridgehead atoms. The van der Waals surface area contributed by atoms with Crippen molar-refractivity contribution in [3.05, 3.63) is 83.2 Å². The van der Waals surface area contributed by atoms with Crippen molar-refractivity contribution < 1.29 is 5.11 Å². The lowest BCUT2D eigenvalue weighted by Gasteiger charge is -2.11. The highest BCUT2D eigenvalue weighted by molar-refractivity contribution is 5.36. The van der Waals surface area contributed by atoms with Gasteiger partial charge in [-0.3, -0.25) is 0 Å². The van der Waals surface area contributed by atoms with E-state index in [0.717, 1.165) is 27.9 Å². The minimum atomic E-state index is -0.652. The Kier molecular flexibility index (Phi) is 3.59. The first-order valence-electron chi connectivity index (χ1n) is 7.00. The molecule has 1 heterocycles. The van der Waals surface area contributed by atoms with Gasteiger partial charge in [0.2, 0.25) is 0 Å². The fourth-order valence-electron chi connectivity index (χ4n) is 2.56. The number of aliphatic hydroxyl groups excluding tert-OH is 1. The number of para-hydroxylation sites is 1. The van der Waals surface area contributed by atoms with Gasteiger partial charge in [0, 0.05) is 11.8 Å². The molecule has 0 amide bonds. The average molecular weight is 278 g/mol. The summed E-state index contributed by atoms with van der Waals surface area (Å²) in [4.78, 5) is 0. The zero-order chi connectivity index (χ0) is 14.8. The summed E-state index contributed by atoms with van der Waals surface area (Å²) < 4.78 is 1.78. The third kappa shape index (κ3) is 2.88. The highest BCUT2D eigenvalue weighted by atomic mass is 16.3. The van der Waals surface area contributed by atoms with Crippen molar-refractivity contribution in [3.63, 3.8) is 0 Å². The zero-order valence-corrected chi connectivity index (χ0v) is 12.2. The molecule has 0 aliphatic carbocycles. The molecule has 0 aliphatic heterocycles. The average Bonchev–Trinajstić information content (AvgIpc) is 2.96. The van der Waals surface area contributed by atoms with Crippen LogP contribution in [0.15, 0.2) is 60.9 Å². The topological polar surface area (TPSA) is 38.1 Å². The molecule has 2 aromatic carbocycles. The molecule has 1 N–H and O–H groups in total. The van der Waals surface area contributed by atoms with E-state index in [9.17, 15) is 5.11 Å². The number of aryl methyl sites for hydroxylation is 2. The van der Waals surface area contributed by atoms with Gasteiger partial charge in [-0.05, 0) is 31.5 Å². The highest BCUT2D eigenvalue weighted by Crippen LogP contribution is 2.24. The largest absolute Gasteiger partial charge is 0.384 e. The summed E-state index contributed by atoms with van der Waals surface area (Å²) >= 11 is 0. The summed E-state index contributed by atoms with van der Waals surface area (Å²) in [6, 6.07) is 16.0. The Balaban J connectivity index is 1.92. The molecule has 106 valence electrons. The predicted molar refractivity (Wildman–Crippen MR) is 83.5 cm³/mol. The van der Waals surface area contributed by atoms with Gasteiger partial charge in [-0.2, -0.15) is 5.10 Å². The molecule has 0 saturated carbocycles. The summed E-state index contributed by atoms with van der Waals surface area (Å²) in [6.45, 7) is 4.08. The lowest BCUT2D eigenvalue weighted by Crippen LogP contribution is -2.00. The van der Waals surface area contributed by atoms with Crippen LogP contribution in [-0.2, 0) is 0 Å². The maximum Gasteiger partial charge on any atom is 0.107 e. The smallest absolute Gasteiger partial charge is 0.107 e. The van der Waals surface area contributed by atoms with Crippen molar-refractivity contribution >= 4 is 0 Å². The Morgan fingerprint density at radius 2 is 1.62 bits per heavy atom. The van der Waals surface area contributed by atoms with Crippen LogP contribution in [-0.4, -0.2) is 14.9 Å². The molecule has 0 aliphatic rings. The van der Waals surface area contributed by atoms with E-state index in [1.165, 1.54) is 0 Å². The number of hydrogen-bond donors (Lipinski definition) is 1. The first-order valence-corrected chi connectivity index (χ1v) is 7.00. The van der Waals surface area contributed by atoms with Crippen LogP contribution in [0.2, 0.25) is 0 Å². The van der Waals surface area contributed by atoms with E-state index >= 15 is 0 Å². The van der Waals surface area contributed by atoms with Gasteiger partial charge in [0.15, 0.2) is 0 Å². The van der Waals surface area contributed by atoms with Gasteiger partial charge in [0.05, 0.1) is 11.9 Å². The van der Waals surface area contributed by atoms with Crippen molar-refractivity contribution in [1.82, 2.24) is 9.78 Å². The first kappa shape index (κ1) is 13.6. The summed E-state index contributed by atoms with van der Waals surface area (Å²) in [5.74, 6) is 0. The van der Waals surface area contributed by atoms with E-state index in [-0.39, 0.29) is 0 Å². The molecular formula is C18H18N2O. The second kappa shape index (κ2) is 5.54. The van der Waals surface area contributed by atoms with E-state index in [1.807, 2.05) is 62.5 Å². The van der Waals surface area contributed by atoms with Gasteiger partial charge >= 0.3 is 0 Å². The van der Waals surface area contributed by atoms with Crippen LogP contribution in [0.1, 0.15) is 28.4 Å². The molecule has 1 atom stereocenters. The maximum absolute atomic E-state index is 10.5. The fraction of sp³-hybridized carbons (Fsp3) is 0.167. The minimum Gasteiger partial charge on any atom is -0.384 e. The Labute approximate surface area is 124 Å². The maximum atomic E-state index is 10.5. The third-order valence-corrected chi connectivity index (χ3v) is 3.50. The standard InChI is InChI=1S/C18H18N2O/c1-13-8-14(2)10-15(9-13)18(21)16-11-19-20(12-16)17-6-4-3-5-7-17/h3-12,18,21H,1-2H3. The molecule has 1 aromatic heterocycles. The normalized spacial score (nSPS) is 12.3. The van der Waals surface area contributed by atoms with E-state index < -0.39 is 6.10 Å². The van der Waals surface area contributed by atoms with Gasteiger partial charge in [0.1, 0.15) is 6.10 Å². The Bertz CT molecular complexity index is 727. The minimum absolute atomic E-state index is 0.652. The van der Waals surface area contributed by atoms with Crippen LogP contribution >= 0.6 is 0 Å². The highest BCUT2D eigenvalue weighted by Gasteiger charge is 2.13. The van der Waals surface area contributed by atoms with E-state index in [1.54, 1.807) is 10.9 Å². The van der Waals surface area contributed by atoms with Crippen LogP contribution in [0.5, 0.6) is 0 Å². The lowest BCUT2D eigenvalue weighted by atomic mass is 10.00.